The highest BCUT2D eigenvalue weighted by Gasteiger charge is 2.32. The van der Waals surface area contributed by atoms with Crippen LogP contribution in [0.15, 0.2) is 65.9 Å². The molecule has 142 valence electrons. The molecule has 8 heteroatoms. The van der Waals surface area contributed by atoms with Gasteiger partial charge in [-0.05, 0) is 37.3 Å². The highest BCUT2D eigenvalue weighted by molar-refractivity contribution is 6.03. The van der Waals surface area contributed by atoms with Crippen molar-refractivity contribution in [1.29, 1.82) is 0 Å². The molecule has 1 atom stereocenters. The Balaban J connectivity index is 1.76. The average Bonchev–Trinajstić information content (AvgIpc) is 3.34. The van der Waals surface area contributed by atoms with E-state index in [4.69, 9.17) is 5.10 Å². The number of rotatable bonds is 5. The number of hydrazone groups is 1. The monoisotopic (exact) mass is 377 g/mol. The molecule has 0 amide bonds. The second-order valence-corrected chi connectivity index (χ2v) is 6.51. The third-order valence-electron chi connectivity index (χ3n) is 4.81. The van der Waals surface area contributed by atoms with Crippen LogP contribution in [0.4, 0.5) is 11.4 Å². The summed E-state index contributed by atoms with van der Waals surface area (Å²) >= 11 is 0. The highest BCUT2D eigenvalue weighted by Crippen LogP contribution is 2.37. The zero-order valence-corrected chi connectivity index (χ0v) is 15.3. The predicted molar refractivity (Wildman–Crippen MR) is 105 cm³/mol. The Labute approximate surface area is 161 Å². The highest BCUT2D eigenvalue weighted by atomic mass is 16.6. The number of benzene rings is 2. The lowest BCUT2D eigenvalue weighted by Crippen LogP contribution is -2.21. The summed E-state index contributed by atoms with van der Waals surface area (Å²) < 4.78 is 1.92. The molecular weight excluding hydrogens is 358 g/mol. The van der Waals surface area contributed by atoms with Gasteiger partial charge in [0.2, 0.25) is 0 Å². The molecule has 0 bridgehead atoms. The molecule has 28 heavy (non-hydrogen) atoms. The van der Waals surface area contributed by atoms with E-state index in [1.165, 1.54) is 12.1 Å². The van der Waals surface area contributed by atoms with E-state index >= 15 is 0 Å². The zero-order chi connectivity index (χ0) is 19.7. The van der Waals surface area contributed by atoms with Crippen molar-refractivity contribution < 1.29 is 10.0 Å². The van der Waals surface area contributed by atoms with E-state index in [-0.39, 0.29) is 17.5 Å². The van der Waals surface area contributed by atoms with Crippen molar-refractivity contribution >= 4 is 17.1 Å². The summed E-state index contributed by atoms with van der Waals surface area (Å²) in [5.74, 6) is 0.184. The van der Waals surface area contributed by atoms with Gasteiger partial charge in [-0.2, -0.15) is 10.2 Å². The van der Waals surface area contributed by atoms with Gasteiger partial charge in [-0.3, -0.25) is 19.8 Å². The maximum atomic E-state index is 11.0. The topological polar surface area (TPSA) is 96.8 Å². The molecule has 8 nitrogen and oxygen atoms in total. The number of nitro benzene ring substituents is 1. The number of aromatic hydroxyl groups is 1. The molecule has 0 spiro atoms. The standard InChI is InChI=1S/C20H19N5O3/c1-2-23-19(10-11-21-23)20-13-18(14-4-3-5-17(26)12-14)22-24(20)15-6-8-16(9-7-15)25(27)28/h3-12,20,26H,2,13H2,1H3/t20-/m1/s1. The van der Waals surface area contributed by atoms with Gasteiger partial charge in [0.15, 0.2) is 0 Å². The van der Waals surface area contributed by atoms with Crippen molar-refractivity contribution in [2.45, 2.75) is 25.9 Å². The predicted octanol–water partition coefficient (Wildman–Crippen LogP) is 3.87. The van der Waals surface area contributed by atoms with Crippen LogP contribution in [0.2, 0.25) is 0 Å². The van der Waals surface area contributed by atoms with Gasteiger partial charge in [-0.15, -0.1) is 0 Å². The van der Waals surface area contributed by atoms with E-state index in [1.54, 1.807) is 36.5 Å². The van der Waals surface area contributed by atoms with Crippen LogP contribution in [0.5, 0.6) is 5.75 Å². The smallest absolute Gasteiger partial charge is 0.269 e. The molecule has 0 unspecified atom stereocenters. The molecule has 2 aromatic carbocycles. The number of nitro groups is 1. The minimum absolute atomic E-state index is 0.0373. The zero-order valence-electron chi connectivity index (χ0n) is 15.3. The Morgan fingerprint density at radius 2 is 2.00 bits per heavy atom. The fourth-order valence-corrected chi connectivity index (χ4v) is 3.46. The Kier molecular flexibility index (Phi) is 4.52. The van der Waals surface area contributed by atoms with Crippen LogP contribution in [0.25, 0.3) is 0 Å². The Bertz CT molecular complexity index is 1040. The number of phenolic OH excluding ortho intramolecular Hbond substituents is 1. The molecule has 4 rings (SSSR count). The second kappa shape index (κ2) is 7.15. The van der Waals surface area contributed by atoms with Crippen LogP contribution < -0.4 is 5.01 Å². The quantitative estimate of drug-likeness (QED) is 0.538. The number of non-ortho nitro benzene ring substituents is 1. The molecule has 0 saturated carbocycles. The maximum absolute atomic E-state index is 11.0. The number of hydrogen-bond donors (Lipinski definition) is 1. The molecule has 0 saturated heterocycles. The summed E-state index contributed by atoms with van der Waals surface area (Å²) in [5, 5.41) is 31.8. The third kappa shape index (κ3) is 3.20. The van der Waals surface area contributed by atoms with E-state index < -0.39 is 4.92 Å². The first kappa shape index (κ1) is 17.7. The van der Waals surface area contributed by atoms with E-state index in [9.17, 15) is 15.2 Å². The number of phenols is 1. The van der Waals surface area contributed by atoms with Gasteiger partial charge in [-0.1, -0.05) is 12.1 Å². The summed E-state index contributed by atoms with van der Waals surface area (Å²) in [5.41, 5.74) is 3.49. The third-order valence-corrected chi connectivity index (χ3v) is 4.81. The molecule has 0 aliphatic carbocycles. The van der Waals surface area contributed by atoms with Gasteiger partial charge in [0.25, 0.3) is 5.69 Å². The molecule has 3 aromatic rings. The summed E-state index contributed by atoms with van der Waals surface area (Å²) in [6, 6.07) is 15.2. The molecule has 1 aromatic heterocycles. The minimum Gasteiger partial charge on any atom is -0.508 e. The van der Waals surface area contributed by atoms with Crippen molar-refractivity contribution in [3.05, 3.63) is 82.2 Å². The van der Waals surface area contributed by atoms with E-state index in [2.05, 4.69) is 5.10 Å². The lowest BCUT2D eigenvalue weighted by molar-refractivity contribution is -0.384. The molecular formula is C20H19N5O3. The summed E-state index contributed by atoms with van der Waals surface area (Å²) in [6.07, 6.45) is 2.39. The first-order valence-corrected chi connectivity index (χ1v) is 8.99. The molecule has 1 aliphatic rings. The van der Waals surface area contributed by atoms with E-state index in [0.29, 0.717) is 6.42 Å². The normalized spacial score (nSPS) is 16.2. The lowest BCUT2D eigenvalue weighted by atomic mass is 10.0. The SMILES string of the molecule is CCn1nccc1[C@H]1CC(c2cccc(O)c2)=NN1c1ccc([N+](=O)[O-])cc1. The number of anilines is 1. The maximum Gasteiger partial charge on any atom is 0.269 e. The molecule has 1 aliphatic heterocycles. The van der Waals surface area contributed by atoms with Gasteiger partial charge in [-0.25, -0.2) is 0 Å². The van der Waals surface area contributed by atoms with Crippen LogP contribution >= 0.6 is 0 Å². The molecule has 0 radical (unpaired) electrons. The Morgan fingerprint density at radius 1 is 1.21 bits per heavy atom. The van der Waals surface area contributed by atoms with Gasteiger partial charge in [0.1, 0.15) is 5.75 Å². The van der Waals surface area contributed by atoms with Crippen molar-refractivity contribution in [2.75, 3.05) is 5.01 Å². The van der Waals surface area contributed by atoms with Crippen LogP contribution in [-0.2, 0) is 6.54 Å². The largest absolute Gasteiger partial charge is 0.508 e. The first-order valence-electron chi connectivity index (χ1n) is 8.99. The summed E-state index contributed by atoms with van der Waals surface area (Å²) in [7, 11) is 0. The number of hydrogen-bond acceptors (Lipinski definition) is 6. The Morgan fingerprint density at radius 3 is 2.68 bits per heavy atom. The van der Waals surface area contributed by atoms with Crippen LogP contribution in [0.3, 0.4) is 0 Å². The van der Waals surface area contributed by atoms with Crippen molar-refractivity contribution in [2.24, 2.45) is 5.10 Å². The fraction of sp³-hybridized carbons (Fsp3) is 0.200. The Hall–Kier alpha value is -3.68. The number of aromatic nitrogens is 2. The minimum atomic E-state index is -0.418. The van der Waals surface area contributed by atoms with Crippen LogP contribution in [-0.4, -0.2) is 25.5 Å². The van der Waals surface area contributed by atoms with E-state index in [0.717, 1.165) is 29.2 Å². The molecule has 1 N–H and O–H groups in total. The average molecular weight is 377 g/mol. The van der Waals surface area contributed by atoms with Gasteiger partial charge in [0, 0.05) is 36.9 Å². The van der Waals surface area contributed by atoms with Crippen molar-refractivity contribution in [1.82, 2.24) is 9.78 Å². The first-order chi connectivity index (χ1) is 13.6. The number of aryl methyl sites for hydroxylation is 1. The van der Waals surface area contributed by atoms with Gasteiger partial charge in [0.05, 0.1) is 28.1 Å². The molecule has 0 fully saturated rings. The summed E-state index contributed by atoms with van der Waals surface area (Å²) in [6.45, 7) is 2.76. The van der Waals surface area contributed by atoms with Crippen molar-refractivity contribution in [3.8, 4) is 5.75 Å². The van der Waals surface area contributed by atoms with Gasteiger partial charge < -0.3 is 5.11 Å². The second-order valence-electron chi connectivity index (χ2n) is 6.51. The van der Waals surface area contributed by atoms with E-state index in [1.807, 2.05) is 28.7 Å². The summed E-state index contributed by atoms with van der Waals surface area (Å²) in [4.78, 5) is 10.5. The van der Waals surface area contributed by atoms with Gasteiger partial charge >= 0.3 is 0 Å². The lowest BCUT2D eigenvalue weighted by Gasteiger charge is -2.24. The van der Waals surface area contributed by atoms with Crippen LogP contribution in [0.1, 0.15) is 30.6 Å². The molecule has 2 heterocycles. The fourth-order valence-electron chi connectivity index (χ4n) is 3.46. The number of nitrogens with zero attached hydrogens (tertiary/aromatic N) is 5. The van der Waals surface area contributed by atoms with Crippen LogP contribution in [0, 0.1) is 10.1 Å². The van der Waals surface area contributed by atoms with Crippen molar-refractivity contribution in [3.63, 3.8) is 0 Å².